The standard InChI is InChI=1S/C20H17N5O3/c1-27-15-4-2-3-14(8-15)17-9-18(24-23-17)20(26)25-11-16(12-25)28-19-7-13(10-21)5-6-22-19/h2-9,16H,11-12H2,1H3,(H,23,24). The smallest absolute Gasteiger partial charge is 0.272 e. The van der Waals surface area contributed by atoms with Gasteiger partial charge in [0.1, 0.15) is 17.5 Å². The summed E-state index contributed by atoms with van der Waals surface area (Å²) in [5.74, 6) is 0.975. The zero-order chi connectivity index (χ0) is 19.5. The Morgan fingerprint density at radius 1 is 1.29 bits per heavy atom. The maximum Gasteiger partial charge on any atom is 0.272 e. The fraction of sp³-hybridized carbons (Fsp3) is 0.200. The molecule has 0 saturated carbocycles. The minimum atomic E-state index is -0.147. The molecule has 1 aliphatic rings. The Morgan fingerprint density at radius 3 is 2.93 bits per heavy atom. The van der Waals surface area contributed by atoms with Crippen molar-refractivity contribution in [3.63, 3.8) is 0 Å². The van der Waals surface area contributed by atoms with Crippen LogP contribution in [0.25, 0.3) is 11.3 Å². The quantitative estimate of drug-likeness (QED) is 0.733. The molecular weight excluding hydrogens is 358 g/mol. The second kappa shape index (κ2) is 7.40. The number of pyridine rings is 1. The van der Waals surface area contributed by atoms with Crippen LogP contribution in [0.1, 0.15) is 16.1 Å². The van der Waals surface area contributed by atoms with Crippen LogP contribution < -0.4 is 9.47 Å². The van der Waals surface area contributed by atoms with Gasteiger partial charge in [0, 0.05) is 17.8 Å². The first kappa shape index (κ1) is 17.5. The van der Waals surface area contributed by atoms with Crippen LogP contribution in [0.4, 0.5) is 0 Å². The number of aromatic amines is 1. The molecule has 2 aromatic heterocycles. The largest absolute Gasteiger partial charge is 0.497 e. The maximum absolute atomic E-state index is 12.6. The van der Waals surface area contributed by atoms with Gasteiger partial charge in [0.25, 0.3) is 5.91 Å². The summed E-state index contributed by atoms with van der Waals surface area (Å²) in [7, 11) is 1.60. The fourth-order valence-corrected chi connectivity index (χ4v) is 2.92. The number of nitriles is 1. The van der Waals surface area contributed by atoms with Crippen LogP contribution in [-0.2, 0) is 0 Å². The summed E-state index contributed by atoms with van der Waals surface area (Å²) >= 11 is 0. The molecule has 28 heavy (non-hydrogen) atoms. The highest BCUT2D eigenvalue weighted by atomic mass is 16.5. The summed E-state index contributed by atoms with van der Waals surface area (Å²) in [6, 6.07) is 14.5. The number of H-pyrrole nitrogens is 1. The van der Waals surface area contributed by atoms with E-state index in [4.69, 9.17) is 14.7 Å². The second-order valence-corrected chi connectivity index (χ2v) is 6.34. The molecule has 1 fully saturated rings. The molecule has 3 heterocycles. The number of hydrogen-bond donors (Lipinski definition) is 1. The molecule has 3 aromatic rings. The molecule has 1 aromatic carbocycles. The average Bonchev–Trinajstić information content (AvgIpc) is 3.20. The van der Waals surface area contributed by atoms with Gasteiger partial charge in [0.15, 0.2) is 0 Å². The zero-order valence-corrected chi connectivity index (χ0v) is 15.1. The van der Waals surface area contributed by atoms with Gasteiger partial charge in [-0.3, -0.25) is 9.89 Å². The number of rotatable bonds is 5. The molecule has 1 amide bonds. The first-order valence-corrected chi connectivity index (χ1v) is 8.68. The van der Waals surface area contributed by atoms with Crippen LogP contribution in [-0.4, -0.2) is 52.3 Å². The number of benzene rings is 1. The Balaban J connectivity index is 1.37. The van der Waals surface area contributed by atoms with E-state index < -0.39 is 0 Å². The van der Waals surface area contributed by atoms with Gasteiger partial charge in [-0.15, -0.1) is 0 Å². The molecule has 0 radical (unpaired) electrons. The number of amides is 1. The minimum Gasteiger partial charge on any atom is -0.497 e. The van der Waals surface area contributed by atoms with Crippen LogP contribution in [0.3, 0.4) is 0 Å². The molecule has 4 rings (SSSR count). The lowest BCUT2D eigenvalue weighted by Crippen LogP contribution is -2.56. The van der Waals surface area contributed by atoms with Gasteiger partial charge in [-0.2, -0.15) is 10.4 Å². The molecular formula is C20H17N5O3. The second-order valence-electron chi connectivity index (χ2n) is 6.34. The molecule has 0 aliphatic carbocycles. The summed E-state index contributed by atoms with van der Waals surface area (Å²) in [5, 5.41) is 15.9. The molecule has 0 unspecified atom stereocenters. The number of likely N-dealkylation sites (tertiary alicyclic amines) is 1. The normalized spacial score (nSPS) is 13.5. The monoisotopic (exact) mass is 375 g/mol. The number of nitrogens with one attached hydrogen (secondary N) is 1. The lowest BCUT2D eigenvalue weighted by Gasteiger charge is -2.38. The van der Waals surface area contributed by atoms with E-state index >= 15 is 0 Å². The van der Waals surface area contributed by atoms with Gasteiger partial charge in [-0.25, -0.2) is 4.98 Å². The Bertz CT molecular complexity index is 1050. The third-order valence-corrected chi connectivity index (χ3v) is 4.46. The maximum atomic E-state index is 12.6. The molecule has 1 N–H and O–H groups in total. The Hall–Kier alpha value is -3.86. The van der Waals surface area contributed by atoms with Crippen LogP contribution in [0, 0.1) is 11.3 Å². The Kier molecular flexibility index (Phi) is 4.64. The van der Waals surface area contributed by atoms with E-state index in [1.54, 1.807) is 30.2 Å². The van der Waals surface area contributed by atoms with Crippen molar-refractivity contribution in [2.24, 2.45) is 0 Å². The van der Waals surface area contributed by atoms with Gasteiger partial charge in [-0.1, -0.05) is 12.1 Å². The molecule has 8 nitrogen and oxygen atoms in total. The zero-order valence-electron chi connectivity index (χ0n) is 15.1. The van der Waals surface area contributed by atoms with E-state index in [1.165, 1.54) is 6.20 Å². The summed E-state index contributed by atoms with van der Waals surface area (Å²) in [4.78, 5) is 18.4. The number of carbonyl (C=O) groups is 1. The highest BCUT2D eigenvalue weighted by Crippen LogP contribution is 2.24. The number of ether oxygens (including phenoxy) is 2. The SMILES string of the molecule is COc1cccc(-c2cc(C(=O)N3CC(Oc4cc(C#N)ccn4)C3)[nH]n2)c1. The Labute approximate surface area is 161 Å². The average molecular weight is 375 g/mol. The van der Waals surface area contributed by atoms with Crippen molar-refractivity contribution < 1.29 is 14.3 Å². The molecule has 1 aliphatic heterocycles. The molecule has 1 saturated heterocycles. The van der Waals surface area contributed by atoms with E-state index in [-0.39, 0.29) is 12.0 Å². The van der Waals surface area contributed by atoms with E-state index in [0.29, 0.717) is 35.9 Å². The lowest BCUT2D eigenvalue weighted by atomic mass is 10.1. The minimum absolute atomic E-state index is 0.139. The van der Waals surface area contributed by atoms with Crippen molar-refractivity contribution in [3.05, 3.63) is 59.9 Å². The summed E-state index contributed by atoms with van der Waals surface area (Å²) in [5.41, 5.74) is 2.44. The molecule has 140 valence electrons. The van der Waals surface area contributed by atoms with E-state index in [9.17, 15) is 4.79 Å². The summed E-state index contributed by atoms with van der Waals surface area (Å²) in [6.45, 7) is 0.898. The van der Waals surface area contributed by atoms with Crippen molar-refractivity contribution in [2.45, 2.75) is 6.10 Å². The molecule has 0 spiro atoms. The van der Waals surface area contributed by atoms with Gasteiger partial charge >= 0.3 is 0 Å². The van der Waals surface area contributed by atoms with E-state index in [0.717, 1.165) is 11.3 Å². The number of methoxy groups -OCH3 is 1. The van der Waals surface area contributed by atoms with Crippen LogP contribution in [0.2, 0.25) is 0 Å². The van der Waals surface area contributed by atoms with Crippen molar-refractivity contribution in [2.75, 3.05) is 20.2 Å². The van der Waals surface area contributed by atoms with E-state index in [1.807, 2.05) is 30.3 Å². The van der Waals surface area contributed by atoms with E-state index in [2.05, 4.69) is 15.2 Å². The molecule has 0 bridgehead atoms. The fourth-order valence-electron chi connectivity index (χ4n) is 2.92. The topological polar surface area (TPSA) is 104 Å². The summed E-state index contributed by atoms with van der Waals surface area (Å²) < 4.78 is 10.9. The van der Waals surface area contributed by atoms with Gasteiger partial charge < -0.3 is 14.4 Å². The van der Waals surface area contributed by atoms with Crippen LogP contribution in [0.5, 0.6) is 11.6 Å². The Morgan fingerprint density at radius 2 is 2.14 bits per heavy atom. The number of carbonyl (C=O) groups excluding carboxylic acids is 1. The van der Waals surface area contributed by atoms with Crippen LogP contribution in [0.15, 0.2) is 48.7 Å². The predicted octanol–water partition coefficient (Wildman–Crippen LogP) is 2.26. The predicted molar refractivity (Wildman–Crippen MR) is 99.8 cm³/mol. The lowest BCUT2D eigenvalue weighted by molar-refractivity contribution is 0.0155. The van der Waals surface area contributed by atoms with Crippen molar-refractivity contribution in [3.8, 4) is 29.0 Å². The first-order chi connectivity index (χ1) is 13.7. The number of nitrogens with zero attached hydrogens (tertiary/aromatic N) is 4. The van der Waals surface area contributed by atoms with Gasteiger partial charge in [0.05, 0.1) is 37.5 Å². The van der Waals surface area contributed by atoms with Crippen molar-refractivity contribution >= 4 is 5.91 Å². The molecule has 0 atom stereocenters. The summed E-state index contributed by atoms with van der Waals surface area (Å²) in [6.07, 6.45) is 1.38. The highest BCUT2D eigenvalue weighted by molar-refractivity contribution is 5.94. The van der Waals surface area contributed by atoms with Crippen LogP contribution >= 0.6 is 0 Å². The number of hydrogen-bond acceptors (Lipinski definition) is 6. The number of aromatic nitrogens is 3. The van der Waals surface area contributed by atoms with Crippen molar-refractivity contribution in [1.29, 1.82) is 5.26 Å². The van der Waals surface area contributed by atoms with Crippen molar-refractivity contribution in [1.82, 2.24) is 20.1 Å². The third-order valence-electron chi connectivity index (χ3n) is 4.46. The third kappa shape index (κ3) is 3.50. The van der Waals surface area contributed by atoms with Gasteiger partial charge in [0.2, 0.25) is 5.88 Å². The first-order valence-electron chi connectivity index (χ1n) is 8.68. The van der Waals surface area contributed by atoms with Gasteiger partial charge in [-0.05, 0) is 24.3 Å². The highest BCUT2D eigenvalue weighted by Gasteiger charge is 2.34. The molecule has 8 heteroatoms.